The standard InChI is InChI=1S/C14H12N2O3S2/c1-7-4-9(6-20-7)12(17)16-13-10(5-15)8(2)11(21-13)14(18)19-3/h4,6H,1-3H3,(H,16,17). The van der Waals surface area contributed by atoms with Crippen LogP contribution in [0.4, 0.5) is 5.00 Å². The normalized spacial score (nSPS) is 10.0. The van der Waals surface area contributed by atoms with E-state index < -0.39 is 5.97 Å². The number of thiophene rings is 2. The minimum Gasteiger partial charge on any atom is -0.465 e. The van der Waals surface area contributed by atoms with Crippen LogP contribution in [0.2, 0.25) is 0 Å². The number of carbonyl (C=O) groups excluding carboxylic acids is 2. The highest BCUT2D eigenvalue weighted by Crippen LogP contribution is 2.33. The predicted molar refractivity (Wildman–Crippen MR) is 82.1 cm³/mol. The van der Waals surface area contributed by atoms with Crippen LogP contribution in [0.15, 0.2) is 11.4 Å². The lowest BCUT2D eigenvalue weighted by molar-refractivity contribution is 0.0605. The number of ether oxygens (including phenoxy) is 1. The third-order valence-corrected chi connectivity index (χ3v) is 4.90. The van der Waals surface area contributed by atoms with Gasteiger partial charge in [-0.1, -0.05) is 0 Å². The van der Waals surface area contributed by atoms with Crippen LogP contribution < -0.4 is 5.32 Å². The van der Waals surface area contributed by atoms with Gasteiger partial charge in [0.05, 0.1) is 18.2 Å². The van der Waals surface area contributed by atoms with Crippen LogP contribution in [0.5, 0.6) is 0 Å². The number of hydrogen-bond acceptors (Lipinski definition) is 6. The number of nitrogens with one attached hydrogen (secondary N) is 1. The van der Waals surface area contributed by atoms with Crippen molar-refractivity contribution in [3.05, 3.63) is 37.9 Å². The maximum Gasteiger partial charge on any atom is 0.348 e. The summed E-state index contributed by atoms with van der Waals surface area (Å²) in [6.45, 7) is 3.57. The van der Waals surface area contributed by atoms with Crippen LogP contribution in [0.25, 0.3) is 0 Å². The van der Waals surface area contributed by atoms with Gasteiger partial charge in [-0.05, 0) is 25.5 Å². The Balaban J connectivity index is 2.34. The summed E-state index contributed by atoms with van der Waals surface area (Å²) in [5.74, 6) is -0.811. The summed E-state index contributed by atoms with van der Waals surface area (Å²) in [4.78, 5) is 25.1. The SMILES string of the molecule is COC(=O)c1sc(NC(=O)c2csc(C)c2)c(C#N)c1C. The topological polar surface area (TPSA) is 79.2 Å². The van der Waals surface area contributed by atoms with Gasteiger partial charge in [0.25, 0.3) is 5.91 Å². The Morgan fingerprint density at radius 3 is 2.62 bits per heavy atom. The fraction of sp³-hybridized carbons (Fsp3) is 0.214. The number of hydrogen-bond donors (Lipinski definition) is 1. The highest BCUT2D eigenvalue weighted by atomic mass is 32.1. The first-order valence-electron chi connectivity index (χ1n) is 5.96. The molecule has 108 valence electrons. The highest BCUT2D eigenvalue weighted by molar-refractivity contribution is 7.18. The molecule has 0 fully saturated rings. The quantitative estimate of drug-likeness (QED) is 0.880. The van der Waals surface area contributed by atoms with Gasteiger partial charge in [0, 0.05) is 10.3 Å². The number of anilines is 1. The zero-order chi connectivity index (χ0) is 15.6. The summed E-state index contributed by atoms with van der Waals surface area (Å²) >= 11 is 2.52. The maximum atomic E-state index is 12.1. The third-order valence-electron chi connectivity index (χ3n) is 2.85. The number of methoxy groups -OCH3 is 1. The molecule has 0 saturated carbocycles. The Morgan fingerprint density at radius 2 is 2.10 bits per heavy atom. The van der Waals surface area contributed by atoms with Gasteiger partial charge in [-0.3, -0.25) is 4.79 Å². The molecular formula is C14H12N2O3S2. The summed E-state index contributed by atoms with van der Waals surface area (Å²) in [5.41, 5.74) is 1.35. The summed E-state index contributed by atoms with van der Waals surface area (Å²) < 4.78 is 4.67. The van der Waals surface area contributed by atoms with E-state index in [1.54, 1.807) is 18.4 Å². The first-order valence-corrected chi connectivity index (χ1v) is 7.65. The predicted octanol–water partition coefficient (Wildman–Crippen LogP) is 3.34. The highest BCUT2D eigenvalue weighted by Gasteiger charge is 2.22. The number of esters is 1. The molecule has 0 atom stereocenters. The second kappa shape index (κ2) is 6.08. The molecule has 2 rings (SSSR count). The van der Waals surface area contributed by atoms with Gasteiger partial charge in [0.1, 0.15) is 15.9 Å². The van der Waals surface area contributed by atoms with Crippen molar-refractivity contribution in [2.24, 2.45) is 0 Å². The van der Waals surface area contributed by atoms with E-state index in [1.165, 1.54) is 18.4 Å². The monoisotopic (exact) mass is 320 g/mol. The fourth-order valence-electron chi connectivity index (χ4n) is 1.76. The van der Waals surface area contributed by atoms with Crippen LogP contribution in [0, 0.1) is 25.2 Å². The van der Waals surface area contributed by atoms with Gasteiger partial charge in [0.2, 0.25) is 0 Å². The number of amides is 1. The molecule has 0 aromatic carbocycles. The van der Waals surface area contributed by atoms with Crippen molar-refractivity contribution in [1.82, 2.24) is 0 Å². The molecule has 0 unspecified atom stereocenters. The van der Waals surface area contributed by atoms with Crippen molar-refractivity contribution in [1.29, 1.82) is 5.26 Å². The lowest BCUT2D eigenvalue weighted by Crippen LogP contribution is -2.10. The Labute approximate surface area is 129 Å². The van der Waals surface area contributed by atoms with E-state index in [0.29, 0.717) is 26.6 Å². The minimum atomic E-state index is -0.513. The van der Waals surface area contributed by atoms with E-state index in [4.69, 9.17) is 0 Å². The average molecular weight is 320 g/mol. The van der Waals surface area contributed by atoms with Crippen LogP contribution in [-0.2, 0) is 4.74 Å². The van der Waals surface area contributed by atoms with Crippen LogP contribution in [0.3, 0.4) is 0 Å². The maximum absolute atomic E-state index is 12.1. The van der Waals surface area contributed by atoms with E-state index >= 15 is 0 Å². The van der Waals surface area contributed by atoms with E-state index in [2.05, 4.69) is 10.1 Å². The Kier molecular flexibility index (Phi) is 4.40. The molecule has 0 spiro atoms. The van der Waals surface area contributed by atoms with E-state index in [0.717, 1.165) is 16.2 Å². The van der Waals surface area contributed by atoms with Gasteiger partial charge >= 0.3 is 5.97 Å². The first kappa shape index (κ1) is 15.2. The van der Waals surface area contributed by atoms with Crippen LogP contribution >= 0.6 is 22.7 Å². The van der Waals surface area contributed by atoms with Crippen molar-refractivity contribution in [2.75, 3.05) is 12.4 Å². The average Bonchev–Trinajstić information content (AvgIpc) is 3.02. The molecule has 1 N–H and O–H groups in total. The van der Waals surface area contributed by atoms with Crippen molar-refractivity contribution < 1.29 is 14.3 Å². The zero-order valence-corrected chi connectivity index (χ0v) is 13.3. The van der Waals surface area contributed by atoms with Gasteiger partial charge < -0.3 is 10.1 Å². The molecule has 0 aliphatic heterocycles. The largest absolute Gasteiger partial charge is 0.465 e. The van der Waals surface area contributed by atoms with Crippen molar-refractivity contribution >= 4 is 39.6 Å². The van der Waals surface area contributed by atoms with Crippen LogP contribution in [0.1, 0.15) is 36.0 Å². The Bertz CT molecular complexity index is 753. The van der Waals surface area contributed by atoms with E-state index in [1.807, 2.05) is 13.0 Å². The number of carbonyl (C=O) groups is 2. The summed E-state index contributed by atoms with van der Waals surface area (Å²) in [5, 5.41) is 14.0. The number of rotatable bonds is 3. The molecule has 0 saturated heterocycles. The molecule has 5 nitrogen and oxygen atoms in total. The molecule has 7 heteroatoms. The second-order valence-corrected chi connectivity index (χ2v) is 6.40. The molecule has 2 aromatic rings. The summed E-state index contributed by atoms with van der Waals surface area (Å²) in [6, 6.07) is 3.79. The van der Waals surface area contributed by atoms with Crippen molar-refractivity contribution in [2.45, 2.75) is 13.8 Å². The van der Waals surface area contributed by atoms with Gasteiger partial charge in [0.15, 0.2) is 0 Å². The van der Waals surface area contributed by atoms with Crippen LogP contribution in [-0.4, -0.2) is 19.0 Å². The molecule has 2 heterocycles. The lowest BCUT2D eigenvalue weighted by Gasteiger charge is -2.00. The van der Waals surface area contributed by atoms with Gasteiger partial charge in [-0.2, -0.15) is 5.26 Å². The fourth-order valence-corrected chi connectivity index (χ4v) is 3.51. The third kappa shape index (κ3) is 2.96. The molecule has 0 aliphatic rings. The number of aryl methyl sites for hydroxylation is 1. The number of nitrogens with zero attached hydrogens (tertiary/aromatic N) is 1. The van der Waals surface area contributed by atoms with E-state index in [-0.39, 0.29) is 5.91 Å². The zero-order valence-electron chi connectivity index (χ0n) is 11.6. The first-order chi connectivity index (χ1) is 9.97. The smallest absolute Gasteiger partial charge is 0.348 e. The number of nitriles is 1. The van der Waals surface area contributed by atoms with Crippen molar-refractivity contribution in [3.8, 4) is 6.07 Å². The molecule has 0 radical (unpaired) electrons. The molecule has 1 amide bonds. The van der Waals surface area contributed by atoms with Gasteiger partial charge in [-0.25, -0.2) is 4.79 Å². The second-order valence-electron chi connectivity index (χ2n) is 4.26. The van der Waals surface area contributed by atoms with Gasteiger partial charge in [-0.15, -0.1) is 22.7 Å². The molecular weight excluding hydrogens is 308 g/mol. The minimum absolute atomic E-state index is 0.292. The summed E-state index contributed by atoms with van der Waals surface area (Å²) in [7, 11) is 1.28. The molecule has 21 heavy (non-hydrogen) atoms. The summed E-state index contributed by atoms with van der Waals surface area (Å²) in [6.07, 6.45) is 0. The molecule has 0 aliphatic carbocycles. The molecule has 2 aromatic heterocycles. The Morgan fingerprint density at radius 1 is 1.38 bits per heavy atom. The van der Waals surface area contributed by atoms with E-state index in [9.17, 15) is 14.9 Å². The van der Waals surface area contributed by atoms with Crippen molar-refractivity contribution in [3.63, 3.8) is 0 Å². The Hall–Kier alpha value is -2.17. The lowest BCUT2D eigenvalue weighted by atomic mass is 10.1. The molecule has 0 bridgehead atoms.